The summed E-state index contributed by atoms with van der Waals surface area (Å²) in [4.78, 5) is 23.1. The number of hydrogen-bond donors (Lipinski definition) is 0. The quantitative estimate of drug-likeness (QED) is 0.605. The molecule has 0 unspecified atom stereocenters. The minimum Gasteiger partial charge on any atom is -0.342 e. The second-order valence-electron chi connectivity index (χ2n) is 11.0. The first-order valence-electron chi connectivity index (χ1n) is 12.1. The standard InChI is InChI=1S/C26H44N4O/c1-20(2)12-22-16-29(13-21-10-8-7-9-11-21)19-25(22)26(31)30-17-23(14-27(3)4)24(18-30)15-28(5)6/h7-11,20,22-25H,12-19H2,1-6H3/t22-,23-,24-,25-/m1/s1. The van der Waals surface area contributed by atoms with Gasteiger partial charge in [-0.05, 0) is 63.8 Å². The third-order valence-corrected chi connectivity index (χ3v) is 6.94. The first-order chi connectivity index (χ1) is 14.7. The minimum absolute atomic E-state index is 0.143. The SMILES string of the molecule is CC(C)C[C@@H]1CN(Cc2ccccc2)C[C@H]1C(=O)N1C[C@@H](CN(C)C)[C@H](CN(C)C)C1. The van der Waals surface area contributed by atoms with Crippen molar-refractivity contribution in [3.05, 3.63) is 35.9 Å². The normalized spacial score (nSPS) is 27.2. The van der Waals surface area contributed by atoms with E-state index in [2.05, 4.69) is 92.0 Å². The number of benzene rings is 1. The highest BCUT2D eigenvalue weighted by molar-refractivity contribution is 5.80. The van der Waals surface area contributed by atoms with Gasteiger partial charge in [0, 0.05) is 45.8 Å². The highest BCUT2D eigenvalue weighted by Crippen LogP contribution is 2.34. The lowest BCUT2D eigenvalue weighted by Crippen LogP contribution is -2.39. The van der Waals surface area contributed by atoms with Crippen LogP contribution in [0.25, 0.3) is 0 Å². The van der Waals surface area contributed by atoms with E-state index in [9.17, 15) is 4.79 Å². The van der Waals surface area contributed by atoms with Crippen molar-refractivity contribution in [2.24, 2.45) is 29.6 Å². The van der Waals surface area contributed by atoms with E-state index in [1.165, 1.54) is 5.56 Å². The van der Waals surface area contributed by atoms with Crippen LogP contribution in [-0.4, -0.2) is 93.0 Å². The van der Waals surface area contributed by atoms with Gasteiger partial charge in [0.15, 0.2) is 0 Å². The van der Waals surface area contributed by atoms with Crippen LogP contribution in [0.2, 0.25) is 0 Å². The van der Waals surface area contributed by atoms with E-state index in [1.54, 1.807) is 0 Å². The summed E-state index contributed by atoms with van der Waals surface area (Å²) in [6, 6.07) is 10.7. The van der Waals surface area contributed by atoms with Crippen LogP contribution in [-0.2, 0) is 11.3 Å². The van der Waals surface area contributed by atoms with Gasteiger partial charge in [-0.3, -0.25) is 9.69 Å². The van der Waals surface area contributed by atoms with Gasteiger partial charge >= 0.3 is 0 Å². The predicted octanol–water partition coefficient (Wildman–Crippen LogP) is 2.98. The Kier molecular flexibility index (Phi) is 8.54. The second-order valence-corrected chi connectivity index (χ2v) is 11.0. The van der Waals surface area contributed by atoms with Crippen molar-refractivity contribution in [1.82, 2.24) is 19.6 Å². The summed E-state index contributed by atoms with van der Waals surface area (Å²) in [6.07, 6.45) is 1.14. The Bertz CT molecular complexity index is 672. The molecule has 0 radical (unpaired) electrons. The van der Waals surface area contributed by atoms with Crippen LogP contribution in [0, 0.1) is 29.6 Å². The largest absolute Gasteiger partial charge is 0.342 e. The third-order valence-electron chi connectivity index (χ3n) is 6.94. The van der Waals surface area contributed by atoms with Crippen LogP contribution < -0.4 is 0 Å². The van der Waals surface area contributed by atoms with Crippen LogP contribution in [0.5, 0.6) is 0 Å². The average molecular weight is 429 g/mol. The van der Waals surface area contributed by atoms with E-state index in [0.29, 0.717) is 29.6 Å². The first-order valence-corrected chi connectivity index (χ1v) is 12.1. The molecule has 2 fully saturated rings. The monoisotopic (exact) mass is 428 g/mol. The van der Waals surface area contributed by atoms with Gasteiger partial charge in [-0.15, -0.1) is 0 Å². The molecule has 1 aromatic rings. The molecule has 2 aliphatic heterocycles. The topological polar surface area (TPSA) is 30.0 Å². The van der Waals surface area contributed by atoms with Crippen molar-refractivity contribution in [2.45, 2.75) is 26.8 Å². The molecule has 4 atom stereocenters. The molecule has 2 saturated heterocycles. The number of nitrogens with zero attached hydrogens (tertiary/aromatic N) is 4. The van der Waals surface area contributed by atoms with Crippen LogP contribution in [0.4, 0.5) is 0 Å². The number of rotatable bonds is 9. The van der Waals surface area contributed by atoms with Gasteiger partial charge in [0.05, 0.1) is 5.92 Å². The molecule has 2 heterocycles. The fourth-order valence-corrected chi connectivity index (χ4v) is 5.76. The van der Waals surface area contributed by atoms with Crippen molar-refractivity contribution in [1.29, 1.82) is 0 Å². The molecule has 1 amide bonds. The van der Waals surface area contributed by atoms with E-state index in [4.69, 9.17) is 0 Å². The fraction of sp³-hybridized carbons (Fsp3) is 0.731. The highest BCUT2D eigenvalue weighted by Gasteiger charge is 2.43. The van der Waals surface area contributed by atoms with Gasteiger partial charge < -0.3 is 14.7 Å². The molecule has 174 valence electrons. The summed E-state index contributed by atoms with van der Waals surface area (Å²) in [5.74, 6) is 2.77. The highest BCUT2D eigenvalue weighted by atomic mass is 16.2. The van der Waals surface area contributed by atoms with Gasteiger partial charge in [-0.2, -0.15) is 0 Å². The maximum Gasteiger partial charge on any atom is 0.227 e. The van der Waals surface area contributed by atoms with Crippen molar-refractivity contribution in [2.75, 3.05) is 67.5 Å². The zero-order valence-corrected chi connectivity index (χ0v) is 20.6. The van der Waals surface area contributed by atoms with Gasteiger partial charge in [-0.1, -0.05) is 44.2 Å². The molecular formula is C26H44N4O. The smallest absolute Gasteiger partial charge is 0.227 e. The fourth-order valence-electron chi connectivity index (χ4n) is 5.76. The Morgan fingerprint density at radius 2 is 1.48 bits per heavy atom. The number of carbonyl (C=O) groups is 1. The zero-order chi connectivity index (χ0) is 22.5. The average Bonchev–Trinajstić information content (AvgIpc) is 3.24. The number of carbonyl (C=O) groups excluding carboxylic acids is 1. The second kappa shape index (κ2) is 10.9. The van der Waals surface area contributed by atoms with Crippen LogP contribution in [0.1, 0.15) is 25.8 Å². The summed E-state index contributed by atoms with van der Waals surface area (Å²) in [5.41, 5.74) is 1.34. The maximum absolute atomic E-state index is 13.8. The molecule has 2 aliphatic rings. The summed E-state index contributed by atoms with van der Waals surface area (Å²) in [5, 5.41) is 0. The summed E-state index contributed by atoms with van der Waals surface area (Å²) in [6.45, 7) is 11.4. The summed E-state index contributed by atoms with van der Waals surface area (Å²) < 4.78 is 0. The number of likely N-dealkylation sites (tertiary alicyclic amines) is 2. The van der Waals surface area contributed by atoms with Crippen LogP contribution in [0.3, 0.4) is 0 Å². The van der Waals surface area contributed by atoms with Gasteiger partial charge in [-0.25, -0.2) is 0 Å². The van der Waals surface area contributed by atoms with Crippen molar-refractivity contribution in [3.8, 4) is 0 Å². The molecule has 0 aromatic heterocycles. The van der Waals surface area contributed by atoms with Crippen molar-refractivity contribution in [3.63, 3.8) is 0 Å². The minimum atomic E-state index is 0.143. The molecule has 0 N–H and O–H groups in total. The van der Waals surface area contributed by atoms with E-state index in [0.717, 1.165) is 52.2 Å². The van der Waals surface area contributed by atoms with Gasteiger partial charge in [0.1, 0.15) is 0 Å². The molecule has 1 aromatic carbocycles. The molecule has 5 nitrogen and oxygen atoms in total. The lowest BCUT2D eigenvalue weighted by atomic mass is 9.87. The Hall–Kier alpha value is -1.43. The number of hydrogen-bond acceptors (Lipinski definition) is 4. The molecule has 0 spiro atoms. The van der Waals surface area contributed by atoms with E-state index in [-0.39, 0.29) is 5.92 Å². The number of amides is 1. The Balaban J connectivity index is 1.69. The van der Waals surface area contributed by atoms with Crippen molar-refractivity contribution >= 4 is 5.91 Å². The lowest BCUT2D eigenvalue weighted by molar-refractivity contribution is -0.135. The maximum atomic E-state index is 13.8. The Morgan fingerprint density at radius 1 is 0.903 bits per heavy atom. The van der Waals surface area contributed by atoms with Crippen LogP contribution in [0.15, 0.2) is 30.3 Å². The van der Waals surface area contributed by atoms with Gasteiger partial charge in [0.25, 0.3) is 0 Å². The van der Waals surface area contributed by atoms with Gasteiger partial charge in [0.2, 0.25) is 5.91 Å². The first kappa shape index (κ1) is 24.2. The van der Waals surface area contributed by atoms with E-state index < -0.39 is 0 Å². The molecule has 0 bridgehead atoms. The van der Waals surface area contributed by atoms with Crippen molar-refractivity contribution < 1.29 is 4.79 Å². The Labute approximate surface area is 190 Å². The molecule has 0 aliphatic carbocycles. The van der Waals surface area contributed by atoms with E-state index in [1.807, 2.05) is 0 Å². The molecule has 31 heavy (non-hydrogen) atoms. The lowest BCUT2D eigenvalue weighted by Gasteiger charge is -2.25. The molecule has 5 heteroatoms. The predicted molar refractivity (Wildman–Crippen MR) is 129 cm³/mol. The molecule has 3 rings (SSSR count). The Morgan fingerprint density at radius 3 is 2.00 bits per heavy atom. The summed E-state index contributed by atoms with van der Waals surface area (Å²) in [7, 11) is 8.59. The third kappa shape index (κ3) is 6.77. The van der Waals surface area contributed by atoms with E-state index >= 15 is 0 Å². The summed E-state index contributed by atoms with van der Waals surface area (Å²) >= 11 is 0. The molecular weight excluding hydrogens is 384 g/mol. The molecule has 0 saturated carbocycles. The van der Waals surface area contributed by atoms with Crippen LogP contribution >= 0.6 is 0 Å². The zero-order valence-electron chi connectivity index (χ0n) is 20.6.